The van der Waals surface area contributed by atoms with E-state index in [4.69, 9.17) is 9.47 Å². The second kappa shape index (κ2) is 8.69. The second-order valence-corrected chi connectivity index (χ2v) is 8.74. The average Bonchev–Trinajstić information content (AvgIpc) is 3.34. The van der Waals surface area contributed by atoms with Crippen LogP contribution in [-0.2, 0) is 27.2 Å². The van der Waals surface area contributed by atoms with Crippen molar-refractivity contribution in [2.24, 2.45) is 0 Å². The number of fused-ring (bicyclic) bond motifs is 3. The first-order valence-electron chi connectivity index (χ1n) is 11.3. The van der Waals surface area contributed by atoms with Crippen molar-refractivity contribution in [3.05, 3.63) is 77.0 Å². The van der Waals surface area contributed by atoms with Gasteiger partial charge in [-0.2, -0.15) is 0 Å². The lowest BCUT2D eigenvalue weighted by molar-refractivity contribution is -0.154. The molecule has 0 saturated heterocycles. The van der Waals surface area contributed by atoms with Gasteiger partial charge in [-0.15, -0.1) is 0 Å². The van der Waals surface area contributed by atoms with Crippen LogP contribution in [-0.4, -0.2) is 64.1 Å². The number of amides is 1. The second-order valence-electron chi connectivity index (χ2n) is 8.74. The molecule has 2 heterocycles. The lowest BCUT2D eigenvalue weighted by atomic mass is 9.80. The fraction of sp³-hybridized carbons (Fsp3) is 0.222. The quantitative estimate of drug-likeness (QED) is 0.486. The number of aliphatic hydroxyl groups is 1. The maximum absolute atomic E-state index is 13.9. The van der Waals surface area contributed by atoms with Gasteiger partial charge in [0.2, 0.25) is 5.91 Å². The molecule has 1 amide bonds. The van der Waals surface area contributed by atoms with Gasteiger partial charge in [-0.25, -0.2) is 4.79 Å². The number of hydrogen-bond acceptors (Lipinski definition) is 6. The van der Waals surface area contributed by atoms with Crippen molar-refractivity contribution in [2.45, 2.75) is 18.4 Å². The summed E-state index contributed by atoms with van der Waals surface area (Å²) in [5.74, 6) is -1.34. The Morgan fingerprint density at radius 2 is 1.94 bits per heavy atom. The molecule has 1 aliphatic carbocycles. The smallest absolute Gasteiger partial charge is 0.336 e. The number of Topliss-reactive ketones (excluding diaryl/α,β-unsaturated/α-hetero) is 1. The van der Waals surface area contributed by atoms with Gasteiger partial charge < -0.3 is 24.7 Å². The van der Waals surface area contributed by atoms with Gasteiger partial charge in [-0.05, 0) is 35.9 Å². The van der Waals surface area contributed by atoms with E-state index in [2.05, 4.69) is 4.98 Å². The molecule has 1 aliphatic heterocycles. The first-order chi connectivity index (χ1) is 17.3. The predicted molar refractivity (Wildman–Crippen MR) is 131 cm³/mol. The van der Waals surface area contributed by atoms with Crippen molar-refractivity contribution in [2.75, 3.05) is 20.8 Å². The highest BCUT2D eigenvalue weighted by Gasteiger charge is 2.50. The van der Waals surface area contributed by atoms with Crippen LogP contribution < -0.4 is 9.47 Å². The fourth-order valence-corrected chi connectivity index (χ4v) is 4.91. The zero-order chi connectivity index (χ0) is 25.6. The molecule has 9 nitrogen and oxygen atoms in total. The average molecular weight is 488 g/mol. The summed E-state index contributed by atoms with van der Waals surface area (Å²) in [5, 5.41) is 21.4. The Morgan fingerprint density at radius 3 is 2.64 bits per heavy atom. The number of ether oxygens (including phenoxy) is 2. The number of aromatic nitrogens is 1. The number of carbonyl (C=O) groups is 3. The van der Waals surface area contributed by atoms with E-state index in [9.17, 15) is 24.6 Å². The largest absolute Gasteiger partial charge is 0.497 e. The van der Waals surface area contributed by atoms with E-state index in [-0.39, 0.29) is 29.9 Å². The van der Waals surface area contributed by atoms with Gasteiger partial charge in [0, 0.05) is 46.3 Å². The molecule has 3 N–H and O–H groups in total. The Labute approximate surface area is 206 Å². The normalized spacial score (nSPS) is 18.8. The van der Waals surface area contributed by atoms with E-state index < -0.39 is 24.0 Å². The van der Waals surface area contributed by atoms with Gasteiger partial charge in [-0.1, -0.05) is 12.1 Å². The molecular weight excluding hydrogens is 464 g/mol. The lowest BCUT2D eigenvalue weighted by Gasteiger charge is -2.43. The summed E-state index contributed by atoms with van der Waals surface area (Å²) in [4.78, 5) is 43.8. The van der Waals surface area contributed by atoms with E-state index >= 15 is 0 Å². The highest BCUT2D eigenvalue weighted by atomic mass is 16.5. The minimum atomic E-state index is -2.09. The van der Waals surface area contributed by atoms with Crippen LogP contribution in [0.15, 0.2) is 60.3 Å². The van der Waals surface area contributed by atoms with Crippen LogP contribution >= 0.6 is 0 Å². The van der Waals surface area contributed by atoms with Crippen molar-refractivity contribution in [1.29, 1.82) is 0 Å². The number of aliphatic hydroxyl groups excluding tert-OH is 1. The number of ketones is 1. The van der Waals surface area contributed by atoms with Gasteiger partial charge >= 0.3 is 5.97 Å². The number of aromatic amines is 1. The number of carbonyl (C=O) groups excluding carboxylic acids is 2. The Kier molecular flexibility index (Phi) is 5.64. The van der Waals surface area contributed by atoms with E-state index in [0.29, 0.717) is 28.2 Å². The van der Waals surface area contributed by atoms with Crippen molar-refractivity contribution in [3.8, 4) is 11.5 Å². The Hall–Kier alpha value is -4.37. The molecule has 184 valence electrons. The number of rotatable bonds is 6. The topological polar surface area (TPSA) is 129 Å². The standard InChI is InChI=1S/C27H24N2O7/c1-35-18-4-3-16(23(13-18)36-2)12-24(32)29-25-19(5-7-27(29,14-30)26(33)34)22(31)11-17-10-21-15(6-8-28-21)9-20(17)25/h3-10,13,28,30H,11-12,14H2,1-2H3,(H,33,34). The molecule has 1 aromatic heterocycles. The minimum Gasteiger partial charge on any atom is -0.497 e. The summed E-state index contributed by atoms with van der Waals surface area (Å²) in [5.41, 5.74) is 0.900. The Morgan fingerprint density at radius 1 is 1.14 bits per heavy atom. The Bertz CT molecular complexity index is 1480. The first-order valence-corrected chi connectivity index (χ1v) is 11.3. The molecule has 1 unspecified atom stereocenters. The third-order valence-corrected chi connectivity index (χ3v) is 6.78. The number of carboxylic acid groups (broad SMARTS) is 1. The van der Waals surface area contributed by atoms with Crippen LogP contribution in [0.4, 0.5) is 0 Å². The van der Waals surface area contributed by atoms with E-state index in [1.165, 1.54) is 26.4 Å². The number of hydrogen-bond donors (Lipinski definition) is 3. The molecule has 0 fully saturated rings. The molecule has 2 aliphatic rings. The van der Waals surface area contributed by atoms with E-state index in [0.717, 1.165) is 15.8 Å². The molecule has 0 radical (unpaired) electrons. The highest BCUT2D eigenvalue weighted by molar-refractivity contribution is 6.14. The Balaban J connectivity index is 1.69. The third kappa shape index (κ3) is 3.47. The summed E-state index contributed by atoms with van der Waals surface area (Å²) in [6, 6.07) is 10.5. The van der Waals surface area contributed by atoms with Gasteiger partial charge in [0.15, 0.2) is 11.3 Å². The summed E-state index contributed by atoms with van der Waals surface area (Å²) in [6.45, 7) is -0.878. The van der Waals surface area contributed by atoms with Crippen molar-refractivity contribution in [1.82, 2.24) is 9.88 Å². The number of nitrogens with zero attached hydrogens (tertiary/aromatic N) is 1. The number of H-pyrrole nitrogens is 1. The molecule has 0 saturated carbocycles. The van der Waals surface area contributed by atoms with Crippen molar-refractivity contribution >= 4 is 34.3 Å². The van der Waals surface area contributed by atoms with Gasteiger partial charge in [0.05, 0.1) is 32.9 Å². The molecule has 3 aromatic rings. The van der Waals surface area contributed by atoms with Crippen molar-refractivity contribution in [3.63, 3.8) is 0 Å². The zero-order valence-corrected chi connectivity index (χ0v) is 19.7. The number of methoxy groups -OCH3 is 2. The number of allylic oxidation sites excluding steroid dienone is 2. The van der Waals surface area contributed by atoms with E-state index in [1.807, 2.05) is 18.2 Å². The van der Waals surface area contributed by atoms with Crippen LogP contribution in [0.5, 0.6) is 11.5 Å². The lowest BCUT2D eigenvalue weighted by Crippen LogP contribution is -2.59. The molecule has 1 atom stereocenters. The van der Waals surface area contributed by atoms with Crippen LogP contribution in [0.25, 0.3) is 16.6 Å². The van der Waals surface area contributed by atoms with Crippen LogP contribution in [0.2, 0.25) is 0 Å². The molecule has 36 heavy (non-hydrogen) atoms. The number of carboxylic acids is 1. The molecule has 2 aromatic carbocycles. The first kappa shape index (κ1) is 23.4. The summed E-state index contributed by atoms with van der Waals surface area (Å²) < 4.78 is 10.6. The van der Waals surface area contributed by atoms with Gasteiger partial charge in [-0.3, -0.25) is 14.5 Å². The number of benzene rings is 2. The van der Waals surface area contributed by atoms with Crippen molar-refractivity contribution < 1.29 is 34.1 Å². The fourth-order valence-electron chi connectivity index (χ4n) is 4.91. The monoisotopic (exact) mass is 488 g/mol. The van der Waals surface area contributed by atoms with Crippen LogP contribution in [0.3, 0.4) is 0 Å². The molecule has 9 heteroatoms. The summed E-state index contributed by atoms with van der Waals surface area (Å²) in [7, 11) is 2.97. The SMILES string of the molecule is COc1ccc(CC(=O)N2C3=C(C=CC2(CO)C(=O)O)C(=O)Cc2cc4[nH]ccc4cc23)c(OC)c1. The number of aliphatic carboxylic acids is 1. The molecule has 0 bridgehead atoms. The highest BCUT2D eigenvalue weighted by Crippen LogP contribution is 2.42. The van der Waals surface area contributed by atoms with Crippen LogP contribution in [0, 0.1) is 0 Å². The van der Waals surface area contributed by atoms with Gasteiger partial charge in [0.1, 0.15) is 11.5 Å². The third-order valence-electron chi connectivity index (χ3n) is 6.78. The predicted octanol–water partition coefficient (Wildman–Crippen LogP) is 2.48. The molecule has 5 rings (SSSR count). The van der Waals surface area contributed by atoms with Crippen LogP contribution in [0.1, 0.15) is 16.7 Å². The minimum absolute atomic E-state index is 0.112. The molecular formula is C27H24N2O7. The number of nitrogens with one attached hydrogen (secondary N) is 1. The zero-order valence-electron chi connectivity index (χ0n) is 19.7. The van der Waals surface area contributed by atoms with Gasteiger partial charge in [0.25, 0.3) is 0 Å². The summed E-state index contributed by atoms with van der Waals surface area (Å²) in [6.07, 6.45) is 4.27. The maximum atomic E-state index is 13.9. The molecule has 0 spiro atoms. The van der Waals surface area contributed by atoms with E-state index in [1.54, 1.807) is 24.4 Å². The maximum Gasteiger partial charge on any atom is 0.336 e. The summed E-state index contributed by atoms with van der Waals surface area (Å²) >= 11 is 0.